The van der Waals surface area contributed by atoms with Crippen LogP contribution in [0.4, 0.5) is 0 Å². The second-order valence-corrected chi connectivity index (χ2v) is 13.8. The summed E-state index contributed by atoms with van der Waals surface area (Å²) in [5.74, 6) is -2.22. The van der Waals surface area contributed by atoms with Gasteiger partial charge in [-0.15, -0.1) is 0 Å². The van der Waals surface area contributed by atoms with E-state index < -0.39 is 79.2 Å². The van der Waals surface area contributed by atoms with Crippen molar-refractivity contribution < 1.29 is 68.3 Å². The summed E-state index contributed by atoms with van der Waals surface area (Å²) in [6.45, 7) is 6.78. The molecule has 0 unspecified atom stereocenters. The van der Waals surface area contributed by atoms with Gasteiger partial charge < -0.3 is 64.6 Å². The lowest BCUT2D eigenvalue weighted by Gasteiger charge is -2.39. The van der Waals surface area contributed by atoms with E-state index in [0.29, 0.717) is 6.42 Å². The first-order chi connectivity index (χ1) is 25.7. The minimum Gasteiger partial charge on any atom is -0.394 e. The third-order valence-electron chi connectivity index (χ3n) is 9.71. The number of ketones is 2. The summed E-state index contributed by atoms with van der Waals surface area (Å²) in [5.41, 5.74) is 1.16. The van der Waals surface area contributed by atoms with E-state index in [2.05, 4.69) is 10.6 Å². The number of carbonyl (C=O) groups is 3. The molecule has 304 valence electrons. The molecule has 11 atom stereocenters. The predicted molar refractivity (Wildman–Crippen MR) is 194 cm³/mol. The van der Waals surface area contributed by atoms with Gasteiger partial charge in [-0.3, -0.25) is 14.4 Å². The van der Waals surface area contributed by atoms with Crippen molar-refractivity contribution in [2.24, 2.45) is 11.8 Å². The van der Waals surface area contributed by atoms with Crippen LogP contribution in [0.5, 0.6) is 0 Å². The minimum absolute atomic E-state index is 0.0246. The van der Waals surface area contributed by atoms with Crippen molar-refractivity contribution in [3.8, 4) is 0 Å². The number of allylic oxidation sites excluding steroid dienone is 4. The molecular formula is C38H58N2O14. The molecule has 0 radical (unpaired) electrons. The van der Waals surface area contributed by atoms with Crippen LogP contribution >= 0.6 is 0 Å². The highest BCUT2D eigenvalue weighted by molar-refractivity contribution is 6.23. The third kappa shape index (κ3) is 11.9. The van der Waals surface area contributed by atoms with Crippen LogP contribution in [0, 0.1) is 11.8 Å². The summed E-state index contributed by atoms with van der Waals surface area (Å²) in [4.78, 5) is 40.5. The van der Waals surface area contributed by atoms with Gasteiger partial charge >= 0.3 is 0 Å². The molecule has 1 saturated heterocycles. The number of hydrogen-bond donors (Lipinski definition) is 7. The average Bonchev–Trinajstić information content (AvgIpc) is 3.14. The number of nitrogens with one attached hydrogen (secondary N) is 2. The molecule has 2 aliphatic heterocycles. The highest BCUT2D eigenvalue weighted by Gasteiger charge is 2.44. The molecule has 0 aromatic carbocycles. The summed E-state index contributed by atoms with van der Waals surface area (Å²) in [6, 6.07) is 0. The number of hydrogen-bond acceptors (Lipinski definition) is 15. The van der Waals surface area contributed by atoms with Crippen molar-refractivity contribution in [3.05, 3.63) is 58.5 Å². The normalized spacial score (nSPS) is 36.1. The maximum Gasteiger partial charge on any atom is 0.251 e. The second kappa shape index (κ2) is 21.8. The van der Waals surface area contributed by atoms with E-state index in [0.717, 1.165) is 11.6 Å². The Bertz CT molecular complexity index is 1440. The smallest absolute Gasteiger partial charge is 0.251 e. The number of carbonyl (C=O) groups excluding carboxylic acids is 3. The summed E-state index contributed by atoms with van der Waals surface area (Å²) >= 11 is 0. The van der Waals surface area contributed by atoms with Crippen LogP contribution in [-0.4, -0.2) is 152 Å². The minimum atomic E-state index is -1.57. The highest BCUT2D eigenvalue weighted by Crippen LogP contribution is 2.29. The lowest BCUT2D eigenvalue weighted by atomic mass is 9.85. The Hall–Kier alpha value is -3.13. The molecule has 1 amide bonds. The van der Waals surface area contributed by atoms with Gasteiger partial charge in [0.05, 0.1) is 50.0 Å². The van der Waals surface area contributed by atoms with Crippen LogP contribution in [-0.2, 0) is 42.8 Å². The highest BCUT2D eigenvalue weighted by atomic mass is 16.7. The molecule has 2 bridgehead atoms. The maximum absolute atomic E-state index is 13.9. The molecule has 7 N–H and O–H groups in total. The molecule has 0 spiro atoms. The monoisotopic (exact) mass is 766 g/mol. The number of fused-ring (bicyclic) bond motifs is 2. The zero-order valence-electron chi connectivity index (χ0n) is 32.1. The molecule has 16 heteroatoms. The number of Topliss-reactive ketones (excluding diaryl/α,β-unsaturated/α-hetero) is 1. The third-order valence-corrected chi connectivity index (χ3v) is 9.71. The molecule has 0 aromatic heterocycles. The molecule has 3 aliphatic rings. The molecule has 1 aliphatic carbocycles. The summed E-state index contributed by atoms with van der Waals surface area (Å²) in [6.07, 6.45) is -1.13. The van der Waals surface area contributed by atoms with Gasteiger partial charge in [-0.05, 0) is 38.2 Å². The van der Waals surface area contributed by atoms with Gasteiger partial charge in [-0.1, -0.05) is 38.2 Å². The lowest BCUT2D eigenvalue weighted by Crippen LogP contribution is -2.59. The molecule has 3 rings (SSSR count). The Labute approximate surface area is 316 Å². The van der Waals surface area contributed by atoms with E-state index in [1.807, 2.05) is 26.8 Å². The SMILES string of the molecule is CO[C@H]1/C=C\C=C(/C)C(=O)NC2=CC(=O)C(NCCOCCO[C@@H]3O[C@H](CO)[C@H](O)[C@H](O)[C@H]3O)=C(C[C@@H](C)C[C@H](OC)[C@H](O)[C@@H](C)/C=C(\C)[C@@H]1OC)C2=O. The van der Waals surface area contributed by atoms with Crippen LogP contribution in [0.15, 0.2) is 58.5 Å². The lowest BCUT2D eigenvalue weighted by molar-refractivity contribution is -0.302. The summed E-state index contributed by atoms with van der Waals surface area (Å²) in [5, 5.41) is 56.3. The first-order valence-corrected chi connectivity index (χ1v) is 18.1. The van der Waals surface area contributed by atoms with Crippen LogP contribution in [0.2, 0.25) is 0 Å². The largest absolute Gasteiger partial charge is 0.394 e. The first kappa shape index (κ1) is 45.3. The van der Waals surface area contributed by atoms with Gasteiger partial charge in [0.1, 0.15) is 36.6 Å². The van der Waals surface area contributed by atoms with Gasteiger partial charge in [-0.25, -0.2) is 0 Å². The standard InChI is InChI=1S/C38H58N2O14/c1-20-15-24-30(39-11-12-52-13-14-53-38-35(47)34(46)33(45)29(19-41)54-38)26(42)18-25(32(24)44)40-37(48)21(2)9-8-10-27(49-5)36(51-7)23(4)17-22(3)31(43)28(16-20)50-6/h8-10,17-18,20,22,27-29,31,33-36,38-39,41,43,45-47H,11-16,19H2,1-7H3,(H,40,48)/b10-8-,21-9+,23-17+/t20-,22+,27+,28+,29-,31-,33+,34+,35-,36+,38-/m1/s1. The van der Waals surface area contributed by atoms with Crippen LogP contribution in [0.3, 0.4) is 0 Å². The van der Waals surface area contributed by atoms with Gasteiger partial charge in [-0.2, -0.15) is 0 Å². The van der Waals surface area contributed by atoms with E-state index in [4.69, 9.17) is 28.4 Å². The van der Waals surface area contributed by atoms with E-state index in [9.17, 15) is 39.9 Å². The summed E-state index contributed by atoms with van der Waals surface area (Å²) < 4.78 is 33.5. The zero-order chi connectivity index (χ0) is 40.1. The molecule has 1 fully saturated rings. The van der Waals surface area contributed by atoms with Crippen molar-refractivity contribution >= 4 is 17.5 Å². The number of amides is 1. The topological polar surface area (TPSA) is 232 Å². The van der Waals surface area contributed by atoms with Crippen molar-refractivity contribution in [2.45, 2.75) is 95.7 Å². The first-order valence-electron chi connectivity index (χ1n) is 18.1. The number of aliphatic hydroxyl groups is 5. The fraction of sp³-hybridized carbons (Fsp3) is 0.658. The fourth-order valence-electron chi connectivity index (χ4n) is 6.59. The Morgan fingerprint density at radius 1 is 0.926 bits per heavy atom. The Kier molecular flexibility index (Phi) is 18.3. The zero-order valence-corrected chi connectivity index (χ0v) is 32.1. The van der Waals surface area contributed by atoms with Gasteiger partial charge in [0.15, 0.2) is 6.29 Å². The Morgan fingerprint density at radius 2 is 1.65 bits per heavy atom. The molecule has 0 saturated carbocycles. The quantitative estimate of drug-likeness (QED) is 0.0771. The van der Waals surface area contributed by atoms with Crippen molar-refractivity contribution in [2.75, 3.05) is 54.3 Å². The maximum atomic E-state index is 13.9. The molecule has 54 heavy (non-hydrogen) atoms. The number of methoxy groups -OCH3 is 3. The van der Waals surface area contributed by atoms with Crippen molar-refractivity contribution in [1.29, 1.82) is 0 Å². The van der Waals surface area contributed by atoms with E-state index >= 15 is 0 Å². The Morgan fingerprint density at radius 3 is 2.30 bits per heavy atom. The molecular weight excluding hydrogens is 708 g/mol. The molecule has 0 aromatic rings. The van der Waals surface area contributed by atoms with Gasteiger partial charge in [0.25, 0.3) is 5.91 Å². The predicted octanol–water partition coefficient (Wildman–Crippen LogP) is -0.264. The second-order valence-electron chi connectivity index (χ2n) is 13.8. The van der Waals surface area contributed by atoms with Crippen molar-refractivity contribution in [3.63, 3.8) is 0 Å². The Balaban J connectivity index is 1.78. The van der Waals surface area contributed by atoms with Gasteiger partial charge in [0.2, 0.25) is 11.6 Å². The van der Waals surface area contributed by atoms with Crippen LogP contribution in [0.1, 0.15) is 40.5 Å². The van der Waals surface area contributed by atoms with Crippen molar-refractivity contribution in [1.82, 2.24) is 10.6 Å². The molecule has 2 heterocycles. The van der Waals surface area contributed by atoms with E-state index in [-0.39, 0.29) is 67.2 Å². The van der Waals surface area contributed by atoms with E-state index in [1.165, 1.54) is 7.11 Å². The number of aliphatic hydroxyl groups excluding tert-OH is 5. The van der Waals surface area contributed by atoms with E-state index in [1.54, 1.807) is 39.4 Å². The number of ether oxygens (including phenoxy) is 6. The number of rotatable bonds is 12. The van der Waals surface area contributed by atoms with Crippen LogP contribution < -0.4 is 10.6 Å². The average molecular weight is 767 g/mol. The summed E-state index contributed by atoms with van der Waals surface area (Å²) in [7, 11) is 4.61. The molecule has 16 nitrogen and oxygen atoms in total. The van der Waals surface area contributed by atoms with Gasteiger partial charge in [0, 0.05) is 51.0 Å². The fourth-order valence-corrected chi connectivity index (χ4v) is 6.59. The van der Waals surface area contributed by atoms with Crippen LogP contribution in [0.25, 0.3) is 0 Å².